The van der Waals surface area contributed by atoms with Gasteiger partial charge >= 0.3 is 11.9 Å². The molecule has 0 saturated carbocycles. The van der Waals surface area contributed by atoms with Crippen LogP contribution in [0.1, 0.15) is 33.6 Å². The lowest BCUT2D eigenvalue weighted by Crippen LogP contribution is -2.09. The van der Waals surface area contributed by atoms with Crippen molar-refractivity contribution in [1.82, 2.24) is 0 Å². The van der Waals surface area contributed by atoms with Crippen molar-refractivity contribution in [3.63, 3.8) is 0 Å². The maximum atomic E-state index is 11.1. The van der Waals surface area contributed by atoms with E-state index in [0.717, 1.165) is 25.0 Å². The zero-order chi connectivity index (χ0) is 12.6. The van der Waals surface area contributed by atoms with Crippen molar-refractivity contribution in [3.05, 3.63) is 12.2 Å². The molecule has 0 aromatic rings. The third kappa shape index (κ3) is 9.24. The quantitative estimate of drug-likeness (QED) is 0.411. The van der Waals surface area contributed by atoms with E-state index in [-0.39, 0.29) is 5.41 Å². The molecule has 0 saturated heterocycles. The number of carbonyl (C=O) groups is 2. The lowest BCUT2D eigenvalue weighted by atomic mass is 9.91. The summed E-state index contributed by atoms with van der Waals surface area (Å²) in [7, 11) is 1.25. The van der Waals surface area contributed by atoms with Crippen LogP contribution in [0.2, 0.25) is 0 Å². The van der Waals surface area contributed by atoms with Gasteiger partial charge in [0.2, 0.25) is 0 Å². The van der Waals surface area contributed by atoms with Gasteiger partial charge in [0.15, 0.2) is 0 Å². The Balaban J connectivity index is 3.67. The zero-order valence-electron chi connectivity index (χ0n) is 10.4. The Kier molecular flexibility index (Phi) is 6.46. The van der Waals surface area contributed by atoms with E-state index in [4.69, 9.17) is 4.74 Å². The monoisotopic (exact) mass is 228 g/mol. The van der Waals surface area contributed by atoms with Crippen LogP contribution < -0.4 is 0 Å². The number of esters is 2. The molecule has 92 valence electrons. The predicted octanol–water partition coefficient (Wildman–Crippen LogP) is 2.09. The fourth-order valence-electron chi connectivity index (χ4n) is 1.03. The normalized spacial score (nSPS) is 11.5. The highest BCUT2D eigenvalue weighted by molar-refractivity contribution is 5.91. The molecule has 0 unspecified atom stereocenters. The van der Waals surface area contributed by atoms with Gasteiger partial charge in [-0.05, 0) is 18.3 Å². The second-order valence-electron chi connectivity index (χ2n) is 4.69. The van der Waals surface area contributed by atoms with E-state index in [2.05, 4.69) is 25.5 Å². The van der Waals surface area contributed by atoms with E-state index in [1.165, 1.54) is 7.11 Å². The lowest BCUT2D eigenvalue weighted by molar-refractivity contribution is -0.139. The minimum absolute atomic E-state index is 0.244. The molecule has 0 aromatic heterocycles. The number of hydrogen-bond acceptors (Lipinski definition) is 4. The molecule has 0 atom stereocenters. The van der Waals surface area contributed by atoms with E-state index in [0.29, 0.717) is 6.61 Å². The maximum absolute atomic E-state index is 11.1. The first kappa shape index (κ1) is 14.7. The minimum Gasteiger partial charge on any atom is -0.466 e. The van der Waals surface area contributed by atoms with Gasteiger partial charge in [-0.15, -0.1) is 0 Å². The van der Waals surface area contributed by atoms with Gasteiger partial charge in [-0.3, -0.25) is 0 Å². The number of carbonyl (C=O) groups excluding carboxylic acids is 2. The highest BCUT2D eigenvalue weighted by Gasteiger charge is 2.09. The first-order chi connectivity index (χ1) is 7.35. The van der Waals surface area contributed by atoms with Gasteiger partial charge in [0.25, 0.3) is 0 Å². The molecule has 0 aliphatic rings. The number of ether oxygens (including phenoxy) is 2. The molecule has 16 heavy (non-hydrogen) atoms. The van der Waals surface area contributed by atoms with E-state index in [1.807, 2.05) is 0 Å². The second-order valence-corrected chi connectivity index (χ2v) is 4.69. The smallest absolute Gasteiger partial charge is 0.331 e. The summed E-state index contributed by atoms with van der Waals surface area (Å²) in [6, 6.07) is 0. The molecule has 4 nitrogen and oxygen atoms in total. The molecule has 0 heterocycles. The Morgan fingerprint density at radius 2 is 1.69 bits per heavy atom. The van der Waals surface area contributed by atoms with E-state index in [9.17, 15) is 9.59 Å². The summed E-state index contributed by atoms with van der Waals surface area (Å²) in [6.07, 6.45) is 3.93. The first-order valence-electron chi connectivity index (χ1n) is 5.28. The fourth-order valence-corrected chi connectivity index (χ4v) is 1.03. The van der Waals surface area contributed by atoms with Gasteiger partial charge in [-0.2, -0.15) is 0 Å². The number of hydrogen-bond donors (Lipinski definition) is 0. The molecule has 0 fully saturated rings. The van der Waals surface area contributed by atoms with Crippen LogP contribution in [0.15, 0.2) is 12.2 Å². The van der Waals surface area contributed by atoms with E-state index < -0.39 is 11.9 Å². The van der Waals surface area contributed by atoms with Crippen LogP contribution in [0.5, 0.6) is 0 Å². The highest BCUT2D eigenvalue weighted by Crippen LogP contribution is 2.20. The van der Waals surface area contributed by atoms with Crippen molar-refractivity contribution in [1.29, 1.82) is 0 Å². The standard InChI is InChI=1S/C12H20O4/c1-12(2,3)8-5-9-16-11(14)7-6-10(13)15-4/h6-7H,5,8-9H2,1-4H3/b7-6+. The molecule has 0 N–H and O–H groups in total. The molecular weight excluding hydrogens is 208 g/mol. The summed E-state index contributed by atoms with van der Waals surface area (Å²) in [5.74, 6) is -1.08. The van der Waals surface area contributed by atoms with Crippen molar-refractivity contribution in [2.24, 2.45) is 5.41 Å². The van der Waals surface area contributed by atoms with Gasteiger partial charge in [0.1, 0.15) is 0 Å². The molecule has 0 bridgehead atoms. The molecule has 0 aromatic carbocycles. The van der Waals surface area contributed by atoms with Gasteiger partial charge in [-0.1, -0.05) is 20.8 Å². The Morgan fingerprint density at radius 1 is 1.12 bits per heavy atom. The van der Waals surface area contributed by atoms with Crippen LogP contribution in [0.4, 0.5) is 0 Å². The molecule has 4 heteroatoms. The average molecular weight is 228 g/mol. The maximum Gasteiger partial charge on any atom is 0.331 e. The average Bonchev–Trinajstić information content (AvgIpc) is 2.19. The summed E-state index contributed by atoms with van der Waals surface area (Å²) in [5.41, 5.74) is 0.244. The highest BCUT2D eigenvalue weighted by atomic mass is 16.5. The molecule has 0 aliphatic carbocycles. The first-order valence-corrected chi connectivity index (χ1v) is 5.28. The third-order valence-electron chi connectivity index (χ3n) is 1.87. The Labute approximate surface area is 96.6 Å². The van der Waals surface area contributed by atoms with Gasteiger partial charge in [0.05, 0.1) is 13.7 Å². The van der Waals surface area contributed by atoms with Crippen LogP contribution in [-0.4, -0.2) is 25.7 Å². The van der Waals surface area contributed by atoms with Crippen LogP contribution in [0.3, 0.4) is 0 Å². The Hall–Kier alpha value is -1.32. The van der Waals surface area contributed by atoms with Crippen molar-refractivity contribution in [2.75, 3.05) is 13.7 Å². The van der Waals surface area contributed by atoms with Crippen LogP contribution in [-0.2, 0) is 19.1 Å². The summed E-state index contributed by atoms with van der Waals surface area (Å²) < 4.78 is 9.24. The Bertz CT molecular complexity index is 261. The van der Waals surface area contributed by atoms with Crippen LogP contribution in [0, 0.1) is 5.41 Å². The number of rotatable bonds is 5. The summed E-state index contributed by atoms with van der Waals surface area (Å²) in [5, 5.41) is 0. The largest absolute Gasteiger partial charge is 0.466 e. The van der Waals surface area contributed by atoms with Crippen LogP contribution in [0.25, 0.3) is 0 Å². The van der Waals surface area contributed by atoms with E-state index in [1.54, 1.807) is 0 Å². The molecule has 0 rings (SSSR count). The fraction of sp³-hybridized carbons (Fsp3) is 0.667. The van der Waals surface area contributed by atoms with Crippen molar-refractivity contribution < 1.29 is 19.1 Å². The molecule has 0 radical (unpaired) electrons. The van der Waals surface area contributed by atoms with E-state index >= 15 is 0 Å². The molecule has 0 spiro atoms. The van der Waals surface area contributed by atoms with Crippen molar-refractivity contribution in [3.8, 4) is 0 Å². The number of methoxy groups -OCH3 is 1. The second kappa shape index (κ2) is 7.04. The zero-order valence-corrected chi connectivity index (χ0v) is 10.4. The van der Waals surface area contributed by atoms with Gasteiger partial charge in [-0.25, -0.2) is 9.59 Å². The summed E-state index contributed by atoms with van der Waals surface area (Å²) in [6.45, 7) is 6.77. The van der Waals surface area contributed by atoms with Crippen LogP contribution >= 0.6 is 0 Å². The van der Waals surface area contributed by atoms with Gasteiger partial charge < -0.3 is 9.47 Å². The molecule has 0 aliphatic heterocycles. The lowest BCUT2D eigenvalue weighted by Gasteiger charge is -2.17. The summed E-state index contributed by atoms with van der Waals surface area (Å²) >= 11 is 0. The summed E-state index contributed by atoms with van der Waals surface area (Å²) in [4.78, 5) is 21.7. The molecule has 0 amide bonds. The van der Waals surface area contributed by atoms with Gasteiger partial charge in [0, 0.05) is 12.2 Å². The molecular formula is C12H20O4. The SMILES string of the molecule is COC(=O)/C=C/C(=O)OCCCC(C)(C)C. The van der Waals surface area contributed by atoms with Crippen molar-refractivity contribution in [2.45, 2.75) is 33.6 Å². The Morgan fingerprint density at radius 3 is 2.19 bits per heavy atom. The predicted molar refractivity (Wildman–Crippen MR) is 60.8 cm³/mol. The minimum atomic E-state index is -0.563. The van der Waals surface area contributed by atoms with Crippen molar-refractivity contribution >= 4 is 11.9 Å². The topological polar surface area (TPSA) is 52.6 Å². The third-order valence-corrected chi connectivity index (χ3v) is 1.87.